The number of aliphatic hydroxyl groups excluding tert-OH is 1. The lowest BCUT2D eigenvalue weighted by Gasteiger charge is -1.98. The first-order valence-electron chi connectivity index (χ1n) is 3.13. The third-order valence-electron chi connectivity index (χ3n) is 1.52. The summed E-state index contributed by atoms with van der Waals surface area (Å²) < 4.78 is 4.49. The van der Waals surface area contributed by atoms with Crippen LogP contribution in [0.15, 0.2) is 18.3 Å². The van der Waals surface area contributed by atoms with E-state index in [9.17, 15) is 4.79 Å². The van der Waals surface area contributed by atoms with Crippen LogP contribution in [0, 0.1) is 0 Å². The second-order valence-electron chi connectivity index (χ2n) is 2.20. The average molecular weight is 151 g/mol. The lowest BCUT2D eigenvalue weighted by molar-refractivity contribution is -0.0548. The minimum atomic E-state index is -1.13. The zero-order chi connectivity index (χ0) is 7.84. The second-order valence-corrected chi connectivity index (χ2v) is 2.20. The van der Waals surface area contributed by atoms with Gasteiger partial charge >= 0.3 is 5.97 Å². The van der Waals surface area contributed by atoms with E-state index < -0.39 is 12.3 Å². The van der Waals surface area contributed by atoms with Gasteiger partial charge in [-0.25, -0.2) is 9.78 Å². The number of carbonyl (C=O) groups excluding carboxylic acids is 1. The molecule has 11 heavy (non-hydrogen) atoms. The van der Waals surface area contributed by atoms with Crippen molar-refractivity contribution in [2.75, 3.05) is 0 Å². The fourth-order valence-electron chi connectivity index (χ4n) is 1.01. The Balaban J connectivity index is 2.60. The van der Waals surface area contributed by atoms with Crippen molar-refractivity contribution >= 4 is 5.97 Å². The van der Waals surface area contributed by atoms with Gasteiger partial charge in [-0.15, -0.1) is 0 Å². The number of aliphatic hydroxyl groups is 1. The minimum Gasteiger partial charge on any atom is -0.427 e. The van der Waals surface area contributed by atoms with Gasteiger partial charge in [-0.05, 0) is 12.1 Å². The summed E-state index contributed by atoms with van der Waals surface area (Å²) in [5.41, 5.74) is 0.650. The van der Waals surface area contributed by atoms with Gasteiger partial charge in [0, 0.05) is 6.20 Å². The van der Waals surface area contributed by atoms with E-state index in [1.54, 1.807) is 12.1 Å². The average Bonchev–Trinajstić information content (AvgIpc) is 2.30. The van der Waals surface area contributed by atoms with Gasteiger partial charge in [-0.3, -0.25) is 0 Å². The molecule has 0 saturated carbocycles. The molecule has 1 aliphatic rings. The maximum absolute atomic E-state index is 10.8. The van der Waals surface area contributed by atoms with Crippen molar-refractivity contribution in [3.05, 3.63) is 29.6 Å². The van der Waals surface area contributed by atoms with Crippen molar-refractivity contribution in [1.82, 2.24) is 4.98 Å². The summed E-state index contributed by atoms with van der Waals surface area (Å²) in [6.07, 6.45) is 0.351. The Kier molecular flexibility index (Phi) is 1.16. The zero-order valence-corrected chi connectivity index (χ0v) is 5.52. The third-order valence-corrected chi connectivity index (χ3v) is 1.52. The number of hydrogen-bond acceptors (Lipinski definition) is 4. The van der Waals surface area contributed by atoms with Crippen molar-refractivity contribution < 1.29 is 14.6 Å². The van der Waals surface area contributed by atoms with Gasteiger partial charge in [0.25, 0.3) is 0 Å². The molecule has 1 atom stereocenters. The summed E-state index contributed by atoms with van der Waals surface area (Å²) in [6.45, 7) is 0. The summed E-state index contributed by atoms with van der Waals surface area (Å²) in [7, 11) is 0. The molecular formula is C7H5NO3. The molecule has 0 aromatic carbocycles. The van der Waals surface area contributed by atoms with Gasteiger partial charge in [-0.2, -0.15) is 0 Å². The van der Waals surface area contributed by atoms with E-state index in [-0.39, 0.29) is 5.69 Å². The highest BCUT2D eigenvalue weighted by molar-refractivity contribution is 5.91. The van der Waals surface area contributed by atoms with E-state index in [1.807, 2.05) is 0 Å². The van der Waals surface area contributed by atoms with Gasteiger partial charge in [0.05, 0.1) is 5.56 Å². The van der Waals surface area contributed by atoms with Gasteiger partial charge < -0.3 is 9.84 Å². The molecule has 0 amide bonds. The Labute approximate surface area is 62.4 Å². The van der Waals surface area contributed by atoms with E-state index in [2.05, 4.69) is 9.72 Å². The highest BCUT2D eigenvalue weighted by Crippen LogP contribution is 2.25. The van der Waals surface area contributed by atoms with Gasteiger partial charge in [0.1, 0.15) is 0 Å². The van der Waals surface area contributed by atoms with E-state index in [1.165, 1.54) is 6.20 Å². The molecule has 0 bridgehead atoms. The predicted octanol–water partition coefficient (Wildman–Crippen LogP) is 0.243. The molecule has 1 unspecified atom stereocenters. The molecule has 1 aromatic rings. The number of carbonyl (C=O) groups is 1. The quantitative estimate of drug-likeness (QED) is 0.539. The summed E-state index contributed by atoms with van der Waals surface area (Å²) in [6, 6.07) is 3.25. The minimum absolute atomic E-state index is 0.208. The van der Waals surface area contributed by atoms with E-state index >= 15 is 0 Å². The first-order valence-corrected chi connectivity index (χ1v) is 3.13. The van der Waals surface area contributed by atoms with Crippen molar-refractivity contribution in [2.45, 2.75) is 6.29 Å². The molecule has 56 valence electrons. The molecular weight excluding hydrogens is 146 g/mol. The van der Waals surface area contributed by atoms with Crippen LogP contribution >= 0.6 is 0 Å². The number of cyclic esters (lactones) is 1. The van der Waals surface area contributed by atoms with Gasteiger partial charge in [0.15, 0.2) is 5.69 Å². The summed E-state index contributed by atoms with van der Waals surface area (Å²) in [5.74, 6) is -0.562. The number of aromatic nitrogens is 1. The van der Waals surface area contributed by atoms with Gasteiger partial charge in [-0.1, -0.05) is 0 Å². The molecule has 0 aliphatic carbocycles. The number of nitrogens with zero attached hydrogens (tertiary/aromatic N) is 1. The maximum atomic E-state index is 10.8. The summed E-state index contributed by atoms with van der Waals surface area (Å²) in [5, 5.41) is 9.07. The van der Waals surface area contributed by atoms with Crippen LogP contribution < -0.4 is 0 Å². The van der Waals surface area contributed by atoms with Crippen LogP contribution in [0.5, 0.6) is 0 Å². The number of rotatable bonds is 0. The smallest absolute Gasteiger partial charge is 0.360 e. The first-order chi connectivity index (χ1) is 5.29. The van der Waals surface area contributed by atoms with Gasteiger partial charge in [0.2, 0.25) is 6.29 Å². The highest BCUT2D eigenvalue weighted by Gasteiger charge is 2.29. The lowest BCUT2D eigenvalue weighted by Crippen LogP contribution is -1.97. The molecule has 0 fully saturated rings. The Bertz CT molecular complexity index is 310. The molecule has 0 saturated heterocycles. The zero-order valence-electron chi connectivity index (χ0n) is 5.52. The molecule has 4 nitrogen and oxygen atoms in total. The number of esters is 1. The highest BCUT2D eigenvalue weighted by atomic mass is 16.6. The lowest BCUT2D eigenvalue weighted by atomic mass is 10.2. The van der Waals surface area contributed by atoms with E-state index in [4.69, 9.17) is 5.11 Å². The molecule has 1 aromatic heterocycles. The number of hydrogen-bond donors (Lipinski definition) is 1. The van der Waals surface area contributed by atoms with Crippen LogP contribution in [-0.2, 0) is 4.74 Å². The van der Waals surface area contributed by atoms with Crippen molar-refractivity contribution in [3.8, 4) is 0 Å². The summed E-state index contributed by atoms with van der Waals surface area (Å²) in [4.78, 5) is 14.6. The number of ether oxygens (including phenoxy) is 1. The Morgan fingerprint density at radius 1 is 1.64 bits per heavy atom. The van der Waals surface area contributed by atoms with Crippen LogP contribution in [0.25, 0.3) is 0 Å². The fraction of sp³-hybridized carbons (Fsp3) is 0.143. The van der Waals surface area contributed by atoms with Crippen molar-refractivity contribution in [1.29, 1.82) is 0 Å². The van der Waals surface area contributed by atoms with Crippen molar-refractivity contribution in [3.63, 3.8) is 0 Å². The predicted molar refractivity (Wildman–Crippen MR) is 34.6 cm³/mol. The number of fused-ring (bicyclic) bond motifs is 1. The first kappa shape index (κ1) is 6.30. The Hall–Kier alpha value is -1.42. The monoisotopic (exact) mass is 151 g/mol. The van der Waals surface area contributed by atoms with Crippen LogP contribution in [0.4, 0.5) is 0 Å². The normalized spacial score (nSPS) is 21.2. The summed E-state index contributed by atoms with van der Waals surface area (Å²) >= 11 is 0. The topological polar surface area (TPSA) is 59.4 Å². The Morgan fingerprint density at radius 3 is 3.18 bits per heavy atom. The Morgan fingerprint density at radius 2 is 2.45 bits per heavy atom. The maximum Gasteiger partial charge on any atom is 0.360 e. The van der Waals surface area contributed by atoms with Crippen molar-refractivity contribution in [2.24, 2.45) is 0 Å². The SMILES string of the molecule is O=C1OC(O)c2cccnc21. The van der Waals surface area contributed by atoms with Crippen LogP contribution in [0.3, 0.4) is 0 Å². The van der Waals surface area contributed by atoms with Crippen LogP contribution in [0.2, 0.25) is 0 Å². The largest absolute Gasteiger partial charge is 0.427 e. The standard InChI is InChI=1S/C7H5NO3/c9-6-4-2-1-3-8-5(4)7(10)11-6/h1-3,6,9H. The molecule has 1 aliphatic heterocycles. The van der Waals surface area contributed by atoms with E-state index in [0.717, 1.165) is 0 Å². The van der Waals surface area contributed by atoms with Crippen LogP contribution in [0.1, 0.15) is 22.3 Å². The molecule has 4 heteroatoms. The van der Waals surface area contributed by atoms with E-state index in [0.29, 0.717) is 5.56 Å². The van der Waals surface area contributed by atoms with Crippen LogP contribution in [-0.4, -0.2) is 16.1 Å². The molecule has 2 rings (SSSR count). The molecule has 0 radical (unpaired) electrons. The fourth-order valence-corrected chi connectivity index (χ4v) is 1.01. The molecule has 1 N–H and O–H groups in total. The molecule has 2 heterocycles. The second kappa shape index (κ2) is 2.03. The number of pyridine rings is 1. The molecule has 0 spiro atoms. The third kappa shape index (κ3) is 0.798.